The zero-order valence-corrected chi connectivity index (χ0v) is 15.9. The van der Waals surface area contributed by atoms with Crippen molar-refractivity contribution in [3.8, 4) is 5.75 Å². The van der Waals surface area contributed by atoms with Gasteiger partial charge in [0, 0.05) is 18.1 Å². The van der Waals surface area contributed by atoms with Gasteiger partial charge in [0.05, 0.1) is 12.0 Å². The average Bonchev–Trinajstić information content (AvgIpc) is 2.73. The SMILES string of the molecule is O=C([C@@H]1COc2ccc(Cl)cc2C1)N1CCC([C@H](O)c2ccccc2)CC1. The number of nitrogens with zero attached hydrogens (tertiary/aromatic N) is 1. The van der Waals surface area contributed by atoms with Crippen molar-refractivity contribution in [1.29, 1.82) is 0 Å². The molecule has 0 aliphatic carbocycles. The van der Waals surface area contributed by atoms with Crippen LogP contribution in [0, 0.1) is 11.8 Å². The number of benzene rings is 2. The van der Waals surface area contributed by atoms with Crippen molar-refractivity contribution in [2.45, 2.75) is 25.4 Å². The minimum Gasteiger partial charge on any atom is -0.492 e. The molecule has 1 fully saturated rings. The van der Waals surface area contributed by atoms with E-state index in [-0.39, 0.29) is 17.7 Å². The van der Waals surface area contributed by atoms with Crippen LogP contribution < -0.4 is 4.74 Å². The van der Waals surface area contributed by atoms with Gasteiger partial charge in [0.2, 0.25) is 5.91 Å². The number of ether oxygens (including phenoxy) is 1. The Balaban J connectivity index is 1.35. The molecular formula is C22H24ClNO3. The number of carbonyl (C=O) groups excluding carboxylic acids is 1. The highest BCUT2D eigenvalue weighted by atomic mass is 35.5. The van der Waals surface area contributed by atoms with Crippen LogP contribution in [0.1, 0.15) is 30.1 Å². The molecule has 0 aromatic heterocycles. The highest BCUT2D eigenvalue weighted by Gasteiger charge is 2.33. The van der Waals surface area contributed by atoms with E-state index in [9.17, 15) is 9.90 Å². The molecule has 1 saturated heterocycles. The summed E-state index contributed by atoms with van der Waals surface area (Å²) in [6.45, 7) is 1.79. The largest absolute Gasteiger partial charge is 0.492 e. The lowest BCUT2D eigenvalue weighted by Crippen LogP contribution is -2.45. The zero-order valence-electron chi connectivity index (χ0n) is 15.2. The molecule has 2 atom stereocenters. The van der Waals surface area contributed by atoms with Crippen LogP contribution in [0.3, 0.4) is 0 Å². The molecule has 2 heterocycles. The van der Waals surface area contributed by atoms with Gasteiger partial charge in [0.25, 0.3) is 0 Å². The monoisotopic (exact) mass is 385 g/mol. The molecule has 5 heteroatoms. The van der Waals surface area contributed by atoms with E-state index in [0.717, 1.165) is 29.7 Å². The summed E-state index contributed by atoms with van der Waals surface area (Å²) >= 11 is 6.07. The van der Waals surface area contributed by atoms with Crippen LogP contribution in [0.5, 0.6) is 5.75 Å². The lowest BCUT2D eigenvalue weighted by Gasteiger charge is -2.37. The van der Waals surface area contributed by atoms with Gasteiger partial charge in [-0.15, -0.1) is 0 Å². The van der Waals surface area contributed by atoms with Gasteiger partial charge < -0.3 is 14.7 Å². The summed E-state index contributed by atoms with van der Waals surface area (Å²) in [7, 11) is 0. The summed E-state index contributed by atoms with van der Waals surface area (Å²) in [5, 5.41) is 11.3. The summed E-state index contributed by atoms with van der Waals surface area (Å²) < 4.78 is 5.77. The predicted molar refractivity (Wildman–Crippen MR) is 105 cm³/mol. The number of hydrogen-bond donors (Lipinski definition) is 1. The van der Waals surface area contributed by atoms with E-state index in [1.807, 2.05) is 53.4 Å². The Kier molecular flexibility index (Phi) is 5.37. The number of aliphatic hydroxyl groups is 1. The van der Waals surface area contributed by atoms with E-state index in [4.69, 9.17) is 16.3 Å². The minimum absolute atomic E-state index is 0.147. The van der Waals surface area contributed by atoms with Gasteiger partial charge in [-0.05, 0) is 54.5 Å². The van der Waals surface area contributed by atoms with E-state index in [2.05, 4.69) is 0 Å². The second-order valence-electron chi connectivity index (χ2n) is 7.48. The zero-order chi connectivity index (χ0) is 18.8. The second-order valence-corrected chi connectivity index (χ2v) is 7.92. The fourth-order valence-corrected chi connectivity index (χ4v) is 4.33. The predicted octanol–water partition coefficient (Wildman–Crippen LogP) is 3.86. The molecule has 142 valence electrons. The van der Waals surface area contributed by atoms with Gasteiger partial charge in [-0.3, -0.25) is 4.79 Å². The third kappa shape index (κ3) is 3.97. The van der Waals surface area contributed by atoms with Crippen LogP contribution >= 0.6 is 11.6 Å². The van der Waals surface area contributed by atoms with E-state index < -0.39 is 6.10 Å². The van der Waals surface area contributed by atoms with E-state index >= 15 is 0 Å². The first-order chi connectivity index (χ1) is 13.1. The first kappa shape index (κ1) is 18.3. The van der Waals surface area contributed by atoms with Crippen LogP contribution in [0.4, 0.5) is 0 Å². The van der Waals surface area contributed by atoms with Crippen molar-refractivity contribution in [3.05, 3.63) is 64.7 Å². The number of amides is 1. The molecule has 4 nitrogen and oxygen atoms in total. The summed E-state index contributed by atoms with van der Waals surface area (Å²) in [6.07, 6.45) is 1.84. The summed E-state index contributed by atoms with van der Waals surface area (Å²) in [4.78, 5) is 14.9. The molecular weight excluding hydrogens is 362 g/mol. The molecule has 2 aromatic rings. The van der Waals surface area contributed by atoms with Crippen LogP contribution in [-0.2, 0) is 11.2 Å². The normalized spacial score (nSPS) is 21.3. The first-order valence-corrected chi connectivity index (χ1v) is 9.92. The van der Waals surface area contributed by atoms with Crippen molar-refractivity contribution in [2.24, 2.45) is 11.8 Å². The van der Waals surface area contributed by atoms with Gasteiger partial charge in [0.15, 0.2) is 0 Å². The van der Waals surface area contributed by atoms with Gasteiger partial charge in [0.1, 0.15) is 12.4 Å². The molecule has 4 rings (SSSR count). The quantitative estimate of drug-likeness (QED) is 0.872. The van der Waals surface area contributed by atoms with Crippen LogP contribution in [0.2, 0.25) is 5.02 Å². The fourth-order valence-electron chi connectivity index (χ4n) is 4.14. The summed E-state index contributed by atoms with van der Waals surface area (Å²) in [5.41, 5.74) is 1.96. The van der Waals surface area contributed by atoms with Crippen molar-refractivity contribution in [2.75, 3.05) is 19.7 Å². The van der Waals surface area contributed by atoms with E-state index in [0.29, 0.717) is 31.1 Å². The molecule has 0 spiro atoms. The van der Waals surface area contributed by atoms with Gasteiger partial charge in [-0.2, -0.15) is 0 Å². The van der Waals surface area contributed by atoms with Crippen molar-refractivity contribution < 1.29 is 14.6 Å². The molecule has 0 radical (unpaired) electrons. The molecule has 2 aliphatic heterocycles. The Labute approximate surface area is 164 Å². The van der Waals surface area contributed by atoms with Crippen LogP contribution in [-0.4, -0.2) is 35.6 Å². The molecule has 0 unspecified atom stereocenters. The number of carbonyl (C=O) groups is 1. The van der Waals surface area contributed by atoms with E-state index in [1.54, 1.807) is 0 Å². The number of halogens is 1. The number of likely N-dealkylation sites (tertiary alicyclic amines) is 1. The van der Waals surface area contributed by atoms with Gasteiger partial charge >= 0.3 is 0 Å². The number of fused-ring (bicyclic) bond motifs is 1. The fraction of sp³-hybridized carbons (Fsp3) is 0.409. The Morgan fingerprint density at radius 3 is 2.63 bits per heavy atom. The highest BCUT2D eigenvalue weighted by Crippen LogP contribution is 2.33. The topological polar surface area (TPSA) is 49.8 Å². The Bertz CT molecular complexity index is 802. The lowest BCUT2D eigenvalue weighted by molar-refractivity contribution is -0.139. The van der Waals surface area contributed by atoms with Gasteiger partial charge in [-0.25, -0.2) is 0 Å². The number of hydrogen-bond acceptors (Lipinski definition) is 3. The molecule has 2 aromatic carbocycles. The average molecular weight is 386 g/mol. The Hall–Kier alpha value is -2.04. The van der Waals surface area contributed by atoms with E-state index in [1.165, 1.54) is 0 Å². The number of rotatable bonds is 3. The number of aliphatic hydroxyl groups excluding tert-OH is 1. The molecule has 1 N–H and O–H groups in total. The number of piperidine rings is 1. The maximum absolute atomic E-state index is 12.9. The molecule has 0 saturated carbocycles. The van der Waals surface area contributed by atoms with Crippen molar-refractivity contribution in [1.82, 2.24) is 4.90 Å². The standard InChI is InChI=1S/C22H24ClNO3/c23-19-6-7-20-17(13-19)12-18(14-27-20)22(26)24-10-8-16(9-11-24)21(25)15-4-2-1-3-5-15/h1-7,13,16,18,21,25H,8-12,14H2/t18-,21+/m0/s1. The molecule has 2 aliphatic rings. The highest BCUT2D eigenvalue weighted by molar-refractivity contribution is 6.30. The van der Waals surface area contributed by atoms with Gasteiger partial charge in [-0.1, -0.05) is 41.9 Å². The molecule has 27 heavy (non-hydrogen) atoms. The Morgan fingerprint density at radius 2 is 1.89 bits per heavy atom. The first-order valence-electron chi connectivity index (χ1n) is 9.55. The molecule has 1 amide bonds. The third-order valence-electron chi connectivity index (χ3n) is 5.72. The maximum Gasteiger partial charge on any atom is 0.229 e. The third-order valence-corrected chi connectivity index (χ3v) is 5.95. The maximum atomic E-state index is 12.9. The lowest BCUT2D eigenvalue weighted by atomic mass is 9.86. The van der Waals surface area contributed by atoms with Crippen LogP contribution in [0.25, 0.3) is 0 Å². The second kappa shape index (κ2) is 7.91. The van der Waals surface area contributed by atoms with Crippen molar-refractivity contribution >= 4 is 17.5 Å². The van der Waals surface area contributed by atoms with Crippen molar-refractivity contribution in [3.63, 3.8) is 0 Å². The smallest absolute Gasteiger partial charge is 0.229 e. The molecule has 0 bridgehead atoms. The summed E-state index contributed by atoms with van der Waals surface area (Å²) in [5.74, 6) is 1.01. The summed E-state index contributed by atoms with van der Waals surface area (Å²) in [6, 6.07) is 15.3. The van der Waals surface area contributed by atoms with Crippen LogP contribution in [0.15, 0.2) is 48.5 Å². The minimum atomic E-state index is -0.463. The Morgan fingerprint density at radius 1 is 1.15 bits per heavy atom.